The van der Waals surface area contributed by atoms with Gasteiger partial charge in [0.25, 0.3) is 0 Å². The molecule has 0 aliphatic heterocycles. The normalized spacial score (nSPS) is 10.4. The Bertz CT molecular complexity index is 465. The highest BCUT2D eigenvalue weighted by atomic mass is 32.9. The molecule has 0 spiro atoms. The molecule has 0 N–H and O–H groups in total. The van der Waals surface area contributed by atoms with Gasteiger partial charge < -0.3 is 0 Å². The topological polar surface area (TPSA) is 0 Å². The van der Waals surface area contributed by atoms with E-state index in [1.807, 2.05) is 6.07 Å². The van der Waals surface area contributed by atoms with E-state index in [4.69, 9.17) is 12.2 Å². The van der Waals surface area contributed by atoms with Gasteiger partial charge in [0.05, 0.1) is 0 Å². The number of benzene rings is 1. The molecule has 1 aromatic carbocycles. The minimum absolute atomic E-state index is 0.978. The van der Waals surface area contributed by atoms with Gasteiger partial charge in [-0.2, -0.15) is 0 Å². The van der Waals surface area contributed by atoms with Crippen molar-refractivity contribution in [3.05, 3.63) is 50.2 Å². The van der Waals surface area contributed by atoms with Crippen LogP contribution >= 0.6 is 32.9 Å². The van der Waals surface area contributed by atoms with Crippen molar-refractivity contribution in [2.45, 2.75) is 13.3 Å². The summed E-state index contributed by atoms with van der Waals surface area (Å²) >= 11 is 5.30. The van der Waals surface area contributed by atoms with Gasteiger partial charge in [0.2, 0.25) is 0 Å². The van der Waals surface area contributed by atoms with Crippen molar-refractivity contribution in [3.8, 4) is 0 Å². The van der Waals surface area contributed by atoms with E-state index in [0.29, 0.717) is 0 Å². The number of hydrogen-bond donors (Lipinski definition) is 0. The summed E-state index contributed by atoms with van der Waals surface area (Å²) in [5.41, 5.74) is 2.67. The molecule has 1 heterocycles. The van der Waals surface area contributed by atoms with E-state index in [0.717, 1.165) is 10.2 Å². The van der Waals surface area contributed by atoms with Gasteiger partial charge in [-0.15, -0.1) is 0 Å². The Morgan fingerprint density at radius 2 is 1.86 bits per heavy atom. The van der Waals surface area contributed by atoms with Gasteiger partial charge in [0.15, 0.2) is 0 Å². The second-order valence-corrected chi connectivity index (χ2v) is 6.17. The summed E-state index contributed by atoms with van der Waals surface area (Å²) in [6.07, 6.45) is 0.978. The number of rotatable bonds is 2. The summed E-state index contributed by atoms with van der Waals surface area (Å²) in [5, 5.41) is 0. The van der Waals surface area contributed by atoms with Crippen molar-refractivity contribution in [1.29, 1.82) is 0 Å². The standard InChI is InChI=1S/C11H10S3/c1-8-10(11(12)14-13-8)7-9-5-3-2-4-6-9/h2-6H,7H2,1H3. The van der Waals surface area contributed by atoms with Crippen molar-refractivity contribution in [2.24, 2.45) is 0 Å². The van der Waals surface area contributed by atoms with E-state index in [1.54, 1.807) is 20.7 Å². The molecule has 0 atom stereocenters. The Kier molecular flexibility index (Phi) is 3.11. The van der Waals surface area contributed by atoms with Crippen molar-refractivity contribution >= 4 is 32.9 Å². The Morgan fingerprint density at radius 1 is 1.14 bits per heavy atom. The number of hydrogen-bond acceptors (Lipinski definition) is 3. The first-order chi connectivity index (χ1) is 6.77. The van der Waals surface area contributed by atoms with E-state index in [2.05, 4.69) is 31.2 Å². The average Bonchev–Trinajstić information content (AvgIpc) is 2.51. The van der Waals surface area contributed by atoms with Crippen molar-refractivity contribution < 1.29 is 0 Å². The minimum atomic E-state index is 0.978. The van der Waals surface area contributed by atoms with E-state index >= 15 is 0 Å². The first-order valence-corrected chi connectivity index (χ1v) is 6.95. The Labute approximate surface area is 96.2 Å². The molecule has 0 radical (unpaired) electrons. The molecule has 0 nitrogen and oxygen atoms in total. The predicted molar refractivity (Wildman–Crippen MR) is 67.0 cm³/mol. The molecule has 0 aliphatic rings. The quantitative estimate of drug-likeness (QED) is 0.550. The van der Waals surface area contributed by atoms with Gasteiger partial charge in [-0.1, -0.05) is 63.2 Å². The highest BCUT2D eigenvalue weighted by molar-refractivity contribution is 7.79. The first kappa shape index (κ1) is 10.0. The van der Waals surface area contributed by atoms with E-state index < -0.39 is 0 Å². The molecule has 0 bridgehead atoms. The second kappa shape index (κ2) is 4.34. The molecular formula is C11H10S3. The van der Waals surface area contributed by atoms with Gasteiger partial charge in [0, 0.05) is 11.3 Å². The van der Waals surface area contributed by atoms with Crippen LogP contribution in [0.2, 0.25) is 0 Å². The van der Waals surface area contributed by atoms with E-state index in [9.17, 15) is 0 Å². The molecule has 2 rings (SSSR count). The molecule has 2 aromatic rings. The first-order valence-electron chi connectivity index (χ1n) is 4.40. The van der Waals surface area contributed by atoms with Crippen LogP contribution < -0.4 is 0 Å². The summed E-state index contributed by atoms with van der Waals surface area (Å²) in [6, 6.07) is 10.5. The lowest BCUT2D eigenvalue weighted by molar-refractivity contribution is 1.18. The summed E-state index contributed by atoms with van der Waals surface area (Å²) < 4.78 is 1.05. The Balaban J connectivity index is 2.32. The molecule has 14 heavy (non-hydrogen) atoms. The van der Waals surface area contributed by atoms with Gasteiger partial charge >= 0.3 is 0 Å². The largest absolute Gasteiger partial charge is 0.105 e. The Morgan fingerprint density at radius 3 is 2.43 bits per heavy atom. The van der Waals surface area contributed by atoms with Gasteiger partial charge in [-0.3, -0.25) is 0 Å². The zero-order chi connectivity index (χ0) is 9.97. The summed E-state index contributed by atoms with van der Waals surface area (Å²) in [7, 11) is 3.49. The SMILES string of the molecule is Cc1ssc(=S)c1Cc1ccccc1. The third-order valence-electron chi connectivity index (χ3n) is 2.14. The summed E-state index contributed by atoms with van der Waals surface area (Å²) in [6.45, 7) is 2.15. The highest BCUT2D eigenvalue weighted by Crippen LogP contribution is 2.25. The van der Waals surface area contributed by atoms with Crippen LogP contribution in [0.1, 0.15) is 16.0 Å². The van der Waals surface area contributed by atoms with Crippen LogP contribution in [0.4, 0.5) is 0 Å². The number of aryl methyl sites for hydroxylation is 1. The van der Waals surface area contributed by atoms with E-state index in [-0.39, 0.29) is 0 Å². The summed E-state index contributed by atoms with van der Waals surface area (Å²) in [4.78, 5) is 1.36. The monoisotopic (exact) mass is 238 g/mol. The lowest BCUT2D eigenvalue weighted by atomic mass is 10.1. The van der Waals surface area contributed by atoms with Crippen LogP contribution in [-0.2, 0) is 6.42 Å². The molecule has 0 saturated heterocycles. The van der Waals surface area contributed by atoms with Crippen LogP contribution in [-0.4, -0.2) is 0 Å². The zero-order valence-electron chi connectivity index (χ0n) is 7.82. The minimum Gasteiger partial charge on any atom is -0.0837 e. The molecule has 3 heteroatoms. The zero-order valence-corrected chi connectivity index (χ0v) is 10.3. The van der Waals surface area contributed by atoms with Crippen LogP contribution in [0, 0.1) is 10.7 Å². The fraction of sp³-hybridized carbons (Fsp3) is 0.182. The molecular weight excluding hydrogens is 228 g/mol. The fourth-order valence-electron chi connectivity index (χ4n) is 1.34. The fourth-order valence-corrected chi connectivity index (χ4v) is 4.01. The van der Waals surface area contributed by atoms with Crippen LogP contribution in [0.3, 0.4) is 0 Å². The van der Waals surface area contributed by atoms with Crippen LogP contribution in [0.15, 0.2) is 30.3 Å². The molecule has 0 fully saturated rings. The summed E-state index contributed by atoms with van der Waals surface area (Å²) in [5.74, 6) is 0. The smallest absolute Gasteiger partial charge is 0.0837 e. The molecule has 0 unspecified atom stereocenters. The third kappa shape index (κ3) is 2.11. The molecule has 0 saturated carbocycles. The molecule has 72 valence electrons. The van der Waals surface area contributed by atoms with Crippen molar-refractivity contribution in [2.75, 3.05) is 0 Å². The van der Waals surface area contributed by atoms with Crippen LogP contribution in [0.5, 0.6) is 0 Å². The van der Waals surface area contributed by atoms with Gasteiger partial charge in [-0.25, -0.2) is 0 Å². The van der Waals surface area contributed by atoms with Gasteiger partial charge in [0.1, 0.15) is 3.82 Å². The van der Waals surface area contributed by atoms with Gasteiger partial charge in [-0.05, 0) is 18.1 Å². The van der Waals surface area contributed by atoms with Crippen molar-refractivity contribution in [1.82, 2.24) is 0 Å². The second-order valence-electron chi connectivity index (χ2n) is 3.15. The lowest BCUT2D eigenvalue weighted by Gasteiger charge is -1.99. The molecule has 0 amide bonds. The van der Waals surface area contributed by atoms with Crippen LogP contribution in [0.25, 0.3) is 0 Å². The molecule has 0 aliphatic carbocycles. The van der Waals surface area contributed by atoms with Crippen molar-refractivity contribution in [3.63, 3.8) is 0 Å². The maximum atomic E-state index is 5.30. The van der Waals surface area contributed by atoms with E-state index in [1.165, 1.54) is 16.0 Å². The average molecular weight is 238 g/mol. The maximum absolute atomic E-state index is 5.30. The maximum Gasteiger partial charge on any atom is 0.105 e. The molecule has 1 aromatic heterocycles. The predicted octanol–water partition coefficient (Wildman–Crippen LogP) is 4.44. The Hall–Kier alpha value is -0.510. The lowest BCUT2D eigenvalue weighted by Crippen LogP contribution is -1.87. The third-order valence-corrected chi connectivity index (χ3v) is 5.43. The highest BCUT2D eigenvalue weighted by Gasteiger charge is 2.04.